The van der Waals surface area contributed by atoms with E-state index in [2.05, 4.69) is 10.4 Å². The number of hydrogen-bond donors (Lipinski definition) is 3. The van der Waals surface area contributed by atoms with E-state index in [-0.39, 0.29) is 12.5 Å². The molecule has 1 aromatic heterocycles. The summed E-state index contributed by atoms with van der Waals surface area (Å²) in [7, 11) is 0. The van der Waals surface area contributed by atoms with Crippen LogP contribution in [0.25, 0.3) is 0 Å². The lowest BCUT2D eigenvalue weighted by atomic mass is 10.2. The molecule has 0 bridgehead atoms. The number of aromatic nitrogens is 2. The van der Waals surface area contributed by atoms with E-state index >= 15 is 0 Å². The molecule has 0 spiro atoms. The second kappa shape index (κ2) is 5.21. The van der Waals surface area contributed by atoms with Gasteiger partial charge in [0.2, 0.25) is 11.8 Å². The first kappa shape index (κ1) is 12.6. The van der Waals surface area contributed by atoms with Crippen LogP contribution in [0.15, 0.2) is 36.5 Å². The largest absolute Gasteiger partial charge is 0.382 e. The zero-order chi connectivity index (χ0) is 13.8. The Balaban J connectivity index is 1.97. The lowest BCUT2D eigenvalue weighted by molar-refractivity contribution is -0.116. The molecular formula is C12H13N5O2. The second-order valence-electron chi connectivity index (χ2n) is 3.93. The third-order valence-corrected chi connectivity index (χ3v) is 2.42. The van der Waals surface area contributed by atoms with Crippen molar-refractivity contribution in [1.29, 1.82) is 0 Å². The fourth-order valence-corrected chi connectivity index (χ4v) is 1.53. The molecule has 5 N–H and O–H groups in total. The number of nitrogens with zero attached hydrogens (tertiary/aromatic N) is 2. The van der Waals surface area contributed by atoms with E-state index in [0.29, 0.717) is 17.1 Å². The minimum absolute atomic E-state index is 0.0643. The maximum atomic E-state index is 11.7. The highest BCUT2D eigenvalue weighted by Gasteiger charge is 2.05. The molecule has 0 saturated heterocycles. The molecule has 0 saturated carbocycles. The van der Waals surface area contributed by atoms with Crippen molar-refractivity contribution in [2.24, 2.45) is 5.73 Å². The predicted molar refractivity (Wildman–Crippen MR) is 70.2 cm³/mol. The number of carbonyl (C=O) groups excluding carboxylic acids is 2. The van der Waals surface area contributed by atoms with Gasteiger partial charge in [-0.05, 0) is 30.3 Å². The lowest BCUT2D eigenvalue weighted by Gasteiger charge is -2.05. The standard InChI is InChI=1S/C12H13N5O2/c13-10-5-6-17(16-10)7-11(18)15-9-3-1-8(2-4-9)12(14)19/h1-6H,7H2,(H2,13,16)(H2,14,19)(H,15,18). The summed E-state index contributed by atoms with van der Waals surface area (Å²) in [5.74, 6) is -0.390. The number of anilines is 2. The van der Waals surface area contributed by atoms with Crippen LogP contribution in [0.3, 0.4) is 0 Å². The van der Waals surface area contributed by atoms with Gasteiger partial charge in [0, 0.05) is 17.4 Å². The third-order valence-electron chi connectivity index (χ3n) is 2.42. The van der Waals surface area contributed by atoms with Crippen molar-refractivity contribution < 1.29 is 9.59 Å². The summed E-state index contributed by atoms with van der Waals surface area (Å²) in [6, 6.07) is 7.91. The summed E-state index contributed by atoms with van der Waals surface area (Å²) in [6.07, 6.45) is 1.62. The molecule has 2 aromatic rings. The monoisotopic (exact) mass is 259 g/mol. The molecule has 0 aliphatic carbocycles. The van der Waals surface area contributed by atoms with E-state index in [4.69, 9.17) is 11.5 Å². The number of rotatable bonds is 4. The highest BCUT2D eigenvalue weighted by molar-refractivity contribution is 5.94. The van der Waals surface area contributed by atoms with E-state index < -0.39 is 5.91 Å². The molecule has 7 heteroatoms. The van der Waals surface area contributed by atoms with E-state index in [1.54, 1.807) is 36.5 Å². The quantitative estimate of drug-likeness (QED) is 0.727. The average Bonchev–Trinajstić information content (AvgIpc) is 2.75. The van der Waals surface area contributed by atoms with E-state index in [0.717, 1.165) is 0 Å². The van der Waals surface area contributed by atoms with Gasteiger partial charge in [-0.25, -0.2) is 0 Å². The van der Waals surface area contributed by atoms with Crippen molar-refractivity contribution in [1.82, 2.24) is 9.78 Å². The van der Waals surface area contributed by atoms with Crippen LogP contribution in [0.2, 0.25) is 0 Å². The Hall–Kier alpha value is -2.83. The molecule has 0 unspecified atom stereocenters. The van der Waals surface area contributed by atoms with Crippen LogP contribution >= 0.6 is 0 Å². The molecule has 1 aromatic carbocycles. The number of nitrogens with two attached hydrogens (primary N) is 2. The van der Waals surface area contributed by atoms with Gasteiger partial charge in [0.05, 0.1) is 0 Å². The number of carbonyl (C=O) groups is 2. The molecule has 98 valence electrons. The first-order chi connectivity index (χ1) is 9.04. The number of benzene rings is 1. The van der Waals surface area contributed by atoms with Gasteiger partial charge >= 0.3 is 0 Å². The number of nitrogens with one attached hydrogen (secondary N) is 1. The van der Waals surface area contributed by atoms with Gasteiger partial charge in [-0.3, -0.25) is 14.3 Å². The normalized spacial score (nSPS) is 10.1. The molecule has 7 nitrogen and oxygen atoms in total. The summed E-state index contributed by atoms with van der Waals surface area (Å²) in [4.78, 5) is 22.6. The van der Waals surface area contributed by atoms with Crippen LogP contribution < -0.4 is 16.8 Å². The molecule has 19 heavy (non-hydrogen) atoms. The van der Waals surface area contributed by atoms with Crippen LogP contribution in [0.5, 0.6) is 0 Å². The first-order valence-corrected chi connectivity index (χ1v) is 5.53. The number of nitrogen functional groups attached to an aromatic ring is 1. The minimum atomic E-state index is -0.509. The minimum Gasteiger partial charge on any atom is -0.382 e. The Bertz CT molecular complexity index is 603. The molecule has 1 heterocycles. The fourth-order valence-electron chi connectivity index (χ4n) is 1.53. The Labute approximate surface area is 109 Å². The molecular weight excluding hydrogens is 246 g/mol. The number of amides is 2. The van der Waals surface area contributed by atoms with Crippen molar-refractivity contribution in [3.05, 3.63) is 42.1 Å². The number of primary amides is 1. The van der Waals surface area contributed by atoms with Crippen molar-refractivity contribution in [2.75, 3.05) is 11.1 Å². The molecule has 2 rings (SSSR count). The summed E-state index contributed by atoms with van der Waals surface area (Å²) >= 11 is 0. The highest BCUT2D eigenvalue weighted by Crippen LogP contribution is 2.09. The van der Waals surface area contributed by atoms with Crippen LogP contribution in [0.1, 0.15) is 10.4 Å². The van der Waals surface area contributed by atoms with E-state index in [9.17, 15) is 9.59 Å². The smallest absolute Gasteiger partial charge is 0.248 e. The van der Waals surface area contributed by atoms with Gasteiger partial charge in [-0.15, -0.1) is 0 Å². The van der Waals surface area contributed by atoms with Crippen molar-refractivity contribution in [2.45, 2.75) is 6.54 Å². The van der Waals surface area contributed by atoms with Crippen LogP contribution in [0.4, 0.5) is 11.5 Å². The van der Waals surface area contributed by atoms with Crippen molar-refractivity contribution in [3.63, 3.8) is 0 Å². The Morgan fingerprint density at radius 3 is 2.42 bits per heavy atom. The number of hydrogen-bond acceptors (Lipinski definition) is 4. The summed E-state index contributed by atoms with van der Waals surface area (Å²) in [5, 5.41) is 6.58. The van der Waals surface area contributed by atoms with E-state index in [1.165, 1.54) is 4.68 Å². The van der Waals surface area contributed by atoms with Gasteiger partial charge in [0.1, 0.15) is 12.4 Å². The molecule has 0 atom stereocenters. The lowest BCUT2D eigenvalue weighted by Crippen LogP contribution is -2.19. The second-order valence-corrected chi connectivity index (χ2v) is 3.93. The zero-order valence-electron chi connectivity index (χ0n) is 10.0. The SMILES string of the molecule is NC(=O)c1ccc(NC(=O)Cn2ccc(N)n2)cc1. The highest BCUT2D eigenvalue weighted by atomic mass is 16.2. The third kappa shape index (κ3) is 3.32. The van der Waals surface area contributed by atoms with Gasteiger partial charge in [0.15, 0.2) is 0 Å². The average molecular weight is 259 g/mol. The van der Waals surface area contributed by atoms with Gasteiger partial charge in [0.25, 0.3) is 0 Å². The van der Waals surface area contributed by atoms with Crippen molar-refractivity contribution >= 4 is 23.3 Å². The zero-order valence-corrected chi connectivity index (χ0v) is 10.0. The summed E-state index contributed by atoms with van der Waals surface area (Å²) < 4.78 is 1.43. The van der Waals surface area contributed by atoms with Gasteiger partial charge in [-0.2, -0.15) is 5.10 Å². The Morgan fingerprint density at radius 2 is 1.89 bits per heavy atom. The molecule has 0 radical (unpaired) electrons. The molecule has 0 aliphatic heterocycles. The van der Waals surface area contributed by atoms with Crippen LogP contribution in [-0.2, 0) is 11.3 Å². The predicted octanol–water partition coefficient (Wildman–Crippen LogP) is 0.203. The van der Waals surface area contributed by atoms with Gasteiger partial charge in [-0.1, -0.05) is 0 Å². The van der Waals surface area contributed by atoms with Crippen molar-refractivity contribution in [3.8, 4) is 0 Å². The van der Waals surface area contributed by atoms with Crippen LogP contribution in [-0.4, -0.2) is 21.6 Å². The molecule has 2 amide bonds. The summed E-state index contributed by atoms with van der Waals surface area (Å²) in [5.41, 5.74) is 11.5. The molecule has 0 fully saturated rings. The topological polar surface area (TPSA) is 116 Å². The maximum absolute atomic E-state index is 11.7. The summed E-state index contributed by atoms with van der Waals surface area (Å²) in [6.45, 7) is 0.0643. The first-order valence-electron chi connectivity index (χ1n) is 5.53. The Kier molecular flexibility index (Phi) is 3.46. The van der Waals surface area contributed by atoms with Gasteiger partial charge < -0.3 is 16.8 Å². The Morgan fingerprint density at radius 1 is 1.21 bits per heavy atom. The maximum Gasteiger partial charge on any atom is 0.248 e. The van der Waals surface area contributed by atoms with E-state index in [1.807, 2.05) is 0 Å². The fraction of sp³-hybridized carbons (Fsp3) is 0.0833. The van der Waals surface area contributed by atoms with Crippen LogP contribution in [0, 0.1) is 0 Å². The molecule has 0 aliphatic rings.